The van der Waals surface area contributed by atoms with Gasteiger partial charge < -0.3 is 14.8 Å². The molecule has 1 aliphatic rings. The molecule has 1 N–H and O–H groups in total. The number of hydrogen-bond acceptors (Lipinski definition) is 3. The molecule has 0 aromatic heterocycles. The highest BCUT2D eigenvalue weighted by atomic mass is 16.5. The van der Waals surface area contributed by atoms with Crippen molar-refractivity contribution in [2.45, 2.75) is 0 Å². The molecule has 3 rings (SSSR count). The molecule has 0 atom stereocenters. The average Bonchev–Trinajstić information content (AvgIpc) is 2.96. The van der Waals surface area contributed by atoms with Crippen molar-refractivity contribution in [3.63, 3.8) is 0 Å². The first-order valence-corrected chi connectivity index (χ1v) is 7.03. The molecule has 2 aromatic rings. The minimum absolute atomic E-state index is 0.0454. The number of hydrogen-bond donors (Lipinski definition) is 1. The maximum atomic E-state index is 12.2. The molecule has 4 heteroatoms. The first kappa shape index (κ1) is 14.2. The van der Waals surface area contributed by atoms with Crippen LogP contribution >= 0.6 is 0 Å². The molecule has 0 unspecified atom stereocenters. The molecule has 0 spiro atoms. The molecule has 1 amide bonds. The third-order valence-corrected chi connectivity index (χ3v) is 3.75. The van der Waals surface area contributed by atoms with Crippen LogP contribution < -0.4 is 14.8 Å². The fourth-order valence-electron chi connectivity index (χ4n) is 2.66. The Morgan fingerprint density at radius 3 is 2.32 bits per heavy atom. The highest BCUT2D eigenvalue weighted by molar-refractivity contribution is 6.30. The quantitative estimate of drug-likeness (QED) is 0.943. The van der Waals surface area contributed by atoms with E-state index < -0.39 is 0 Å². The number of benzene rings is 2. The van der Waals surface area contributed by atoms with Crippen LogP contribution in [0, 0.1) is 0 Å². The zero-order valence-corrected chi connectivity index (χ0v) is 12.6. The molecule has 1 aliphatic heterocycles. The van der Waals surface area contributed by atoms with Gasteiger partial charge in [0.2, 0.25) is 0 Å². The summed E-state index contributed by atoms with van der Waals surface area (Å²) in [6.45, 7) is 0.512. The van der Waals surface area contributed by atoms with Gasteiger partial charge in [-0.25, -0.2) is 0 Å². The second-order valence-corrected chi connectivity index (χ2v) is 4.97. The largest absolute Gasteiger partial charge is 0.493 e. The number of nitrogens with one attached hydrogen (secondary N) is 1. The zero-order valence-electron chi connectivity index (χ0n) is 12.6. The molecule has 0 saturated carbocycles. The highest BCUT2D eigenvalue weighted by Crippen LogP contribution is 2.35. The summed E-state index contributed by atoms with van der Waals surface area (Å²) in [6.07, 6.45) is 0. The van der Waals surface area contributed by atoms with Crippen molar-refractivity contribution in [2.24, 2.45) is 0 Å². The summed E-state index contributed by atoms with van der Waals surface area (Å²) in [6, 6.07) is 15.4. The van der Waals surface area contributed by atoms with Crippen molar-refractivity contribution in [1.82, 2.24) is 5.32 Å². The minimum Gasteiger partial charge on any atom is -0.493 e. The van der Waals surface area contributed by atoms with Crippen LogP contribution in [0.25, 0.3) is 11.1 Å². The van der Waals surface area contributed by atoms with Crippen LogP contribution in [0.1, 0.15) is 11.1 Å². The second kappa shape index (κ2) is 5.93. The third kappa shape index (κ3) is 2.44. The third-order valence-electron chi connectivity index (χ3n) is 3.75. The lowest BCUT2D eigenvalue weighted by atomic mass is 9.96. The van der Waals surface area contributed by atoms with E-state index >= 15 is 0 Å². The topological polar surface area (TPSA) is 47.6 Å². The normalized spacial score (nSPS) is 14.0. The van der Waals surface area contributed by atoms with Crippen molar-refractivity contribution in [1.29, 1.82) is 0 Å². The number of rotatable bonds is 4. The molecule has 0 saturated heterocycles. The summed E-state index contributed by atoms with van der Waals surface area (Å²) in [5, 5.41) is 2.90. The van der Waals surface area contributed by atoms with Crippen molar-refractivity contribution in [3.8, 4) is 11.5 Å². The Morgan fingerprint density at radius 2 is 1.64 bits per heavy atom. The summed E-state index contributed by atoms with van der Waals surface area (Å²) < 4.78 is 10.6. The summed E-state index contributed by atoms with van der Waals surface area (Å²) in [5.74, 6) is 1.28. The fourth-order valence-corrected chi connectivity index (χ4v) is 2.66. The molecule has 0 radical (unpaired) electrons. The van der Waals surface area contributed by atoms with Gasteiger partial charge in [-0.15, -0.1) is 0 Å². The Kier molecular flexibility index (Phi) is 3.83. The Bertz CT molecular complexity index is 735. The van der Waals surface area contributed by atoms with E-state index in [1.165, 1.54) is 0 Å². The van der Waals surface area contributed by atoms with Crippen LogP contribution in [0.2, 0.25) is 0 Å². The van der Waals surface area contributed by atoms with Gasteiger partial charge in [0.15, 0.2) is 11.5 Å². The Balaban J connectivity index is 2.13. The predicted octanol–water partition coefficient (Wildman–Crippen LogP) is 2.74. The lowest BCUT2D eigenvalue weighted by Crippen LogP contribution is -2.16. The number of ether oxygens (including phenoxy) is 2. The monoisotopic (exact) mass is 295 g/mol. The van der Waals surface area contributed by atoms with Crippen molar-refractivity contribution in [3.05, 3.63) is 59.7 Å². The van der Waals surface area contributed by atoms with E-state index in [1.54, 1.807) is 14.2 Å². The van der Waals surface area contributed by atoms with Gasteiger partial charge in [0, 0.05) is 6.54 Å². The number of carbonyl (C=O) groups is 1. The van der Waals surface area contributed by atoms with Gasteiger partial charge in [-0.1, -0.05) is 36.4 Å². The van der Waals surface area contributed by atoms with Gasteiger partial charge >= 0.3 is 0 Å². The molecule has 112 valence electrons. The number of carbonyl (C=O) groups excluding carboxylic acids is 1. The maximum Gasteiger partial charge on any atom is 0.252 e. The molecular formula is C18H17NO3. The van der Waals surface area contributed by atoms with Crippen LogP contribution in [0.15, 0.2) is 48.5 Å². The SMILES string of the molecule is COc1ccc(C2=C(c3ccccc3)C(=O)NC2)cc1OC. The number of amides is 1. The summed E-state index contributed by atoms with van der Waals surface area (Å²) in [5.41, 5.74) is 3.56. The van der Waals surface area contributed by atoms with Crippen LogP contribution in [-0.2, 0) is 4.79 Å². The molecule has 1 heterocycles. The smallest absolute Gasteiger partial charge is 0.252 e. The fraction of sp³-hybridized carbons (Fsp3) is 0.167. The molecule has 0 aliphatic carbocycles. The number of methoxy groups -OCH3 is 2. The molecule has 0 bridgehead atoms. The molecule has 4 nitrogen and oxygen atoms in total. The molecule has 2 aromatic carbocycles. The van der Waals surface area contributed by atoms with Gasteiger partial charge in [0.1, 0.15) is 0 Å². The van der Waals surface area contributed by atoms with Gasteiger partial charge in [0.05, 0.1) is 19.8 Å². The first-order valence-electron chi connectivity index (χ1n) is 7.03. The molecule has 0 fully saturated rings. The van der Waals surface area contributed by atoms with Crippen LogP contribution in [0.5, 0.6) is 11.5 Å². The van der Waals surface area contributed by atoms with Crippen LogP contribution in [0.4, 0.5) is 0 Å². The lowest BCUT2D eigenvalue weighted by molar-refractivity contribution is -0.114. The predicted molar refractivity (Wildman–Crippen MR) is 85.8 cm³/mol. The Morgan fingerprint density at radius 1 is 0.909 bits per heavy atom. The van der Waals surface area contributed by atoms with Crippen LogP contribution in [0.3, 0.4) is 0 Å². The van der Waals surface area contributed by atoms with E-state index in [1.807, 2.05) is 48.5 Å². The van der Waals surface area contributed by atoms with Gasteiger partial charge in [0.25, 0.3) is 5.91 Å². The molecule has 22 heavy (non-hydrogen) atoms. The zero-order chi connectivity index (χ0) is 15.5. The maximum absolute atomic E-state index is 12.2. The van der Waals surface area contributed by atoms with Crippen molar-refractivity contribution < 1.29 is 14.3 Å². The first-order chi connectivity index (χ1) is 10.7. The second-order valence-electron chi connectivity index (χ2n) is 4.97. The van der Waals surface area contributed by atoms with E-state index in [9.17, 15) is 4.79 Å². The van der Waals surface area contributed by atoms with Gasteiger partial charge in [-0.05, 0) is 28.8 Å². The van der Waals surface area contributed by atoms with E-state index in [2.05, 4.69) is 5.32 Å². The molecular weight excluding hydrogens is 278 g/mol. The standard InChI is InChI=1S/C18H17NO3/c1-21-15-9-8-13(10-16(15)22-2)14-11-19-18(20)17(14)12-6-4-3-5-7-12/h3-10H,11H2,1-2H3,(H,19,20). The summed E-state index contributed by atoms with van der Waals surface area (Å²) in [4.78, 5) is 12.2. The van der Waals surface area contributed by atoms with E-state index in [-0.39, 0.29) is 5.91 Å². The van der Waals surface area contributed by atoms with E-state index in [4.69, 9.17) is 9.47 Å². The Labute approximate surface area is 129 Å². The summed E-state index contributed by atoms with van der Waals surface area (Å²) >= 11 is 0. The highest BCUT2D eigenvalue weighted by Gasteiger charge is 2.25. The van der Waals surface area contributed by atoms with Gasteiger partial charge in [-0.3, -0.25) is 4.79 Å². The van der Waals surface area contributed by atoms with E-state index in [0.29, 0.717) is 23.6 Å². The Hall–Kier alpha value is -2.75. The van der Waals surface area contributed by atoms with Crippen molar-refractivity contribution >= 4 is 17.1 Å². The lowest BCUT2D eigenvalue weighted by Gasteiger charge is -2.11. The average molecular weight is 295 g/mol. The van der Waals surface area contributed by atoms with Crippen LogP contribution in [-0.4, -0.2) is 26.7 Å². The van der Waals surface area contributed by atoms with Gasteiger partial charge in [-0.2, -0.15) is 0 Å². The minimum atomic E-state index is -0.0454. The summed E-state index contributed by atoms with van der Waals surface area (Å²) in [7, 11) is 3.21. The van der Waals surface area contributed by atoms with E-state index in [0.717, 1.165) is 16.7 Å². The van der Waals surface area contributed by atoms with Crippen molar-refractivity contribution in [2.75, 3.05) is 20.8 Å².